The number of hydrogen-bond donors (Lipinski definition) is 2. The summed E-state index contributed by atoms with van der Waals surface area (Å²) in [6, 6.07) is 9.84. The van der Waals surface area contributed by atoms with Crippen LogP contribution in [-0.4, -0.2) is 51.2 Å². The molecule has 10 heteroatoms. The van der Waals surface area contributed by atoms with Crippen molar-refractivity contribution in [3.63, 3.8) is 0 Å². The van der Waals surface area contributed by atoms with Crippen LogP contribution in [0.2, 0.25) is 0 Å². The lowest BCUT2D eigenvalue weighted by Crippen LogP contribution is -2.41. The van der Waals surface area contributed by atoms with Gasteiger partial charge in [-0.3, -0.25) is 14.3 Å². The summed E-state index contributed by atoms with van der Waals surface area (Å²) in [6.45, 7) is 1.97. The van der Waals surface area contributed by atoms with Crippen LogP contribution in [0.4, 0.5) is 11.4 Å². The van der Waals surface area contributed by atoms with Crippen LogP contribution < -0.4 is 21.2 Å². The van der Waals surface area contributed by atoms with Gasteiger partial charge in [0, 0.05) is 31.7 Å². The number of benzene rings is 1. The number of carbonyl (C=O) groups excluding carboxylic acids is 1. The molecule has 1 fully saturated rings. The SMILES string of the molecule is CN(c1ccncc1NC(=O)c1csc(-n2c(=O)n(C)c3ccccc32)n1)C1CCNCC1. The summed E-state index contributed by atoms with van der Waals surface area (Å²) in [5, 5.41) is 8.47. The number of rotatable bonds is 5. The highest BCUT2D eigenvalue weighted by molar-refractivity contribution is 7.12. The third-order valence-corrected chi connectivity index (χ3v) is 6.99. The number of aryl methyl sites for hydroxylation is 1. The molecule has 4 aromatic rings. The first-order chi connectivity index (χ1) is 16.0. The van der Waals surface area contributed by atoms with Gasteiger partial charge in [0.05, 0.1) is 28.6 Å². The summed E-state index contributed by atoms with van der Waals surface area (Å²) in [5.41, 5.74) is 3.19. The minimum Gasteiger partial charge on any atom is -0.370 e. The molecule has 1 aromatic carbocycles. The molecule has 1 amide bonds. The van der Waals surface area contributed by atoms with Gasteiger partial charge in [-0.15, -0.1) is 11.3 Å². The number of imidazole rings is 1. The monoisotopic (exact) mass is 463 g/mol. The molecule has 0 aliphatic carbocycles. The Kier molecular flexibility index (Phi) is 5.69. The maximum atomic E-state index is 13.0. The number of nitrogens with zero attached hydrogens (tertiary/aromatic N) is 5. The minimum atomic E-state index is -0.334. The van der Waals surface area contributed by atoms with Crippen LogP contribution in [0.1, 0.15) is 23.3 Å². The van der Waals surface area contributed by atoms with Crippen molar-refractivity contribution >= 4 is 39.7 Å². The molecule has 9 nitrogen and oxygen atoms in total. The molecule has 4 heterocycles. The van der Waals surface area contributed by atoms with Crippen LogP contribution in [0, 0.1) is 0 Å². The number of para-hydroxylation sites is 2. The van der Waals surface area contributed by atoms with E-state index in [0.717, 1.165) is 42.7 Å². The maximum absolute atomic E-state index is 13.0. The maximum Gasteiger partial charge on any atom is 0.335 e. The van der Waals surface area contributed by atoms with Crippen LogP contribution in [0.15, 0.2) is 52.9 Å². The Morgan fingerprint density at radius 1 is 1.21 bits per heavy atom. The summed E-state index contributed by atoms with van der Waals surface area (Å²) in [5.74, 6) is -0.334. The average molecular weight is 464 g/mol. The van der Waals surface area contributed by atoms with Crippen molar-refractivity contribution in [3.05, 3.63) is 64.3 Å². The van der Waals surface area contributed by atoms with Crippen LogP contribution >= 0.6 is 11.3 Å². The molecular formula is C23H25N7O2S. The summed E-state index contributed by atoms with van der Waals surface area (Å²) in [6.07, 6.45) is 5.48. The number of hydrogen-bond acceptors (Lipinski definition) is 7. The highest BCUT2D eigenvalue weighted by Crippen LogP contribution is 2.28. The third-order valence-electron chi connectivity index (χ3n) is 6.16. The highest BCUT2D eigenvalue weighted by atomic mass is 32.1. The number of pyridine rings is 1. The van der Waals surface area contributed by atoms with E-state index in [4.69, 9.17) is 0 Å². The molecule has 1 saturated heterocycles. The van der Waals surface area contributed by atoms with Gasteiger partial charge in [0.25, 0.3) is 5.91 Å². The highest BCUT2D eigenvalue weighted by Gasteiger charge is 2.22. The van der Waals surface area contributed by atoms with Crippen LogP contribution in [0.3, 0.4) is 0 Å². The van der Waals surface area contributed by atoms with E-state index in [1.54, 1.807) is 29.4 Å². The average Bonchev–Trinajstić information content (AvgIpc) is 3.43. The Hall–Kier alpha value is -3.50. The molecule has 0 saturated carbocycles. The molecule has 0 spiro atoms. The first kappa shape index (κ1) is 21.4. The van der Waals surface area contributed by atoms with Gasteiger partial charge in [-0.2, -0.15) is 0 Å². The number of fused-ring (bicyclic) bond motifs is 1. The second-order valence-electron chi connectivity index (χ2n) is 8.12. The van der Waals surface area contributed by atoms with E-state index >= 15 is 0 Å². The number of amides is 1. The van der Waals surface area contributed by atoms with Crippen molar-refractivity contribution in [1.82, 2.24) is 24.4 Å². The van der Waals surface area contributed by atoms with E-state index in [1.165, 1.54) is 15.9 Å². The zero-order chi connectivity index (χ0) is 22.9. The quantitative estimate of drug-likeness (QED) is 0.472. The molecule has 5 rings (SSSR count). The van der Waals surface area contributed by atoms with E-state index in [1.807, 2.05) is 30.3 Å². The van der Waals surface area contributed by atoms with Crippen molar-refractivity contribution < 1.29 is 4.79 Å². The Bertz CT molecular complexity index is 1370. The van der Waals surface area contributed by atoms with E-state index < -0.39 is 0 Å². The van der Waals surface area contributed by atoms with Gasteiger partial charge in [-0.1, -0.05) is 12.1 Å². The zero-order valence-electron chi connectivity index (χ0n) is 18.5. The second kappa shape index (κ2) is 8.80. The molecule has 0 radical (unpaired) electrons. The fourth-order valence-corrected chi connectivity index (χ4v) is 5.13. The smallest absolute Gasteiger partial charge is 0.335 e. The van der Waals surface area contributed by atoms with Gasteiger partial charge in [-0.25, -0.2) is 14.3 Å². The van der Waals surface area contributed by atoms with E-state index in [-0.39, 0.29) is 17.3 Å². The molecule has 0 unspecified atom stereocenters. The first-order valence-electron chi connectivity index (χ1n) is 10.9. The zero-order valence-corrected chi connectivity index (χ0v) is 19.3. The molecular weight excluding hydrogens is 438 g/mol. The van der Waals surface area contributed by atoms with Crippen molar-refractivity contribution in [3.8, 4) is 5.13 Å². The first-order valence-corrected chi connectivity index (χ1v) is 11.7. The van der Waals surface area contributed by atoms with Gasteiger partial charge >= 0.3 is 5.69 Å². The summed E-state index contributed by atoms with van der Waals surface area (Å²) in [4.78, 5) is 36.7. The normalized spacial score (nSPS) is 14.5. The standard InChI is InChI=1S/C23H25N7O2S/c1-28(15-7-10-24-11-8-15)18-9-12-25-13-16(18)26-21(31)17-14-33-22(27-17)30-20-6-4-3-5-19(20)29(2)23(30)32/h3-6,9,12-15,24H,7-8,10-11H2,1-2H3,(H,26,31). The summed E-state index contributed by atoms with van der Waals surface area (Å²) in [7, 11) is 3.78. The topological polar surface area (TPSA) is 97.1 Å². The predicted molar refractivity (Wildman–Crippen MR) is 131 cm³/mol. The van der Waals surface area contributed by atoms with E-state index in [2.05, 4.69) is 32.5 Å². The van der Waals surface area contributed by atoms with Crippen molar-refractivity contribution in [1.29, 1.82) is 0 Å². The number of piperidine rings is 1. The molecule has 1 aliphatic heterocycles. The molecule has 0 bridgehead atoms. The van der Waals surface area contributed by atoms with Crippen molar-refractivity contribution in [2.45, 2.75) is 18.9 Å². The Labute approximate surface area is 194 Å². The lowest BCUT2D eigenvalue weighted by molar-refractivity contribution is 0.102. The predicted octanol–water partition coefficient (Wildman–Crippen LogP) is 2.62. The van der Waals surface area contributed by atoms with E-state index in [9.17, 15) is 9.59 Å². The fraction of sp³-hybridized carbons (Fsp3) is 0.304. The van der Waals surface area contributed by atoms with Crippen LogP contribution in [0.25, 0.3) is 16.2 Å². The summed E-state index contributed by atoms with van der Waals surface area (Å²) < 4.78 is 3.12. The number of thiazole rings is 1. The Balaban J connectivity index is 1.41. The van der Waals surface area contributed by atoms with Crippen molar-refractivity contribution in [2.24, 2.45) is 7.05 Å². The largest absolute Gasteiger partial charge is 0.370 e. The van der Waals surface area contributed by atoms with E-state index in [0.29, 0.717) is 16.9 Å². The minimum absolute atomic E-state index is 0.198. The number of carbonyl (C=O) groups is 1. The van der Waals surface area contributed by atoms with Gasteiger partial charge in [0.15, 0.2) is 5.13 Å². The second-order valence-corrected chi connectivity index (χ2v) is 8.96. The molecule has 170 valence electrons. The van der Waals surface area contributed by atoms with Gasteiger partial charge in [0.2, 0.25) is 0 Å². The molecule has 1 aliphatic rings. The number of aromatic nitrogens is 4. The lowest BCUT2D eigenvalue weighted by atomic mass is 10.0. The van der Waals surface area contributed by atoms with Gasteiger partial charge in [-0.05, 0) is 44.1 Å². The Morgan fingerprint density at radius 3 is 2.76 bits per heavy atom. The molecule has 33 heavy (non-hydrogen) atoms. The number of anilines is 2. The fourth-order valence-electron chi connectivity index (χ4n) is 4.32. The third kappa shape index (κ3) is 3.91. The van der Waals surface area contributed by atoms with Gasteiger partial charge in [0.1, 0.15) is 5.69 Å². The number of nitrogens with one attached hydrogen (secondary N) is 2. The van der Waals surface area contributed by atoms with Crippen LogP contribution in [0.5, 0.6) is 0 Å². The molecule has 2 N–H and O–H groups in total. The lowest BCUT2D eigenvalue weighted by Gasteiger charge is -2.34. The Morgan fingerprint density at radius 2 is 1.97 bits per heavy atom. The van der Waals surface area contributed by atoms with Crippen LogP contribution in [-0.2, 0) is 7.05 Å². The molecule has 3 aromatic heterocycles. The summed E-state index contributed by atoms with van der Waals surface area (Å²) >= 11 is 1.26. The van der Waals surface area contributed by atoms with Gasteiger partial charge < -0.3 is 15.5 Å². The van der Waals surface area contributed by atoms with Crippen molar-refractivity contribution in [2.75, 3.05) is 30.4 Å². The molecule has 0 atom stereocenters.